The van der Waals surface area contributed by atoms with Crippen LogP contribution in [0.15, 0.2) is 30.3 Å². The molecule has 5 unspecified atom stereocenters. The van der Waals surface area contributed by atoms with Crippen molar-refractivity contribution in [2.24, 2.45) is 11.8 Å². The maximum atomic E-state index is 12.8. The topological polar surface area (TPSA) is 82.1 Å². The van der Waals surface area contributed by atoms with Crippen LogP contribution in [0.2, 0.25) is 0 Å². The van der Waals surface area contributed by atoms with Gasteiger partial charge in [0.05, 0.1) is 12.5 Å². The van der Waals surface area contributed by atoms with Crippen molar-refractivity contribution in [3.05, 3.63) is 35.9 Å². The van der Waals surface area contributed by atoms with Crippen LogP contribution in [0.1, 0.15) is 71.3 Å². The zero-order chi connectivity index (χ0) is 25.6. The van der Waals surface area contributed by atoms with Crippen LogP contribution in [0.3, 0.4) is 0 Å². The lowest BCUT2D eigenvalue weighted by Crippen LogP contribution is -2.37. The third kappa shape index (κ3) is 10.9. The Morgan fingerprint density at radius 2 is 1.83 bits per heavy atom. The number of benzene rings is 1. The lowest BCUT2D eigenvalue weighted by Gasteiger charge is -2.29. The second-order valence-corrected chi connectivity index (χ2v) is 9.84. The third-order valence-electron chi connectivity index (χ3n) is 6.76. The van der Waals surface area contributed by atoms with Gasteiger partial charge < -0.3 is 19.0 Å². The van der Waals surface area contributed by atoms with E-state index in [1.165, 1.54) is 5.56 Å². The number of rotatable bonds is 7. The molecule has 7 heteroatoms. The second kappa shape index (κ2) is 15.7. The van der Waals surface area contributed by atoms with Crippen LogP contribution >= 0.6 is 0 Å². The predicted molar refractivity (Wildman–Crippen MR) is 135 cm³/mol. The molecule has 0 N–H and O–H groups in total. The maximum Gasteiger partial charge on any atom is 0.309 e. The maximum absolute atomic E-state index is 12.8. The van der Waals surface area contributed by atoms with Crippen molar-refractivity contribution in [2.75, 3.05) is 20.2 Å². The highest BCUT2D eigenvalue weighted by Gasteiger charge is 2.31. The van der Waals surface area contributed by atoms with E-state index in [0.717, 1.165) is 38.8 Å². The molecule has 0 radical (unpaired) electrons. The van der Waals surface area contributed by atoms with Gasteiger partial charge in [0.15, 0.2) is 0 Å². The van der Waals surface area contributed by atoms with E-state index in [1.807, 2.05) is 25.1 Å². The monoisotopic (exact) mass is 489 g/mol. The Morgan fingerprint density at radius 3 is 2.49 bits per heavy atom. The van der Waals surface area contributed by atoms with Gasteiger partial charge in [0.2, 0.25) is 0 Å². The lowest BCUT2D eigenvalue weighted by atomic mass is 9.86. The van der Waals surface area contributed by atoms with E-state index in [9.17, 15) is 14.4 Å². The van der Waals surface area contributed by atoms with Gasteiger partial charge in [-0.2, -0.15) is 0 Å². The SMILES string of the molecule is CCC(=O)OC1CC(=O)OC(C)CCN(Cc2ccccc2)CCC(C)CC(CC=O)CC1OC. The Balaban J connectivity index is 2.22. The highest BCUT2D eigenvalue weighted by Crippen LogP contribution is 2.27. The smallest absolute Gasteiger partial charge is 0.309 e. The molecule has 196 valence electrons. The highest BCUT2D eigenvalue weighted by molar-refractivity contribution is 5.72. The molecule has 35 heavy (non-hydrogen) atoms. The Kier molecular flexibility index (Phi) is 13.0. The fraction of sp³-hybridized carbons (Fsp3) is 0.679. The van der Waals surface area contributed by atoms with Crippen LogP contribution in [0.5, 0.6) is 0 Å². The van der Waals surface area contributed by atoms with Crippen LogP contribution in [0.4, 0.5) is 0 Å². The summed E-state index contributed by atoms with van der Waals surface area (Å²) in [6, 6.07) is 10.4. The zero-order valence-corrected chi connectivity index (χ0v) is 21.8. The summed E-state index contributed by atoms with van der Waals surface area (Å²) in [7, 11) is 1.56. The van der Waals surface area contributed by atoms with Crippen LogP contribution in [-0.4, -0.2) is 61.6 Å². The molecule has 7 nitrogen and oxygen atoms in total. The molecule has 0 bridgehead atoms. The summed E-state index contributed by atoms with van der Waals surface area (Å²) in [6.45, 7) is 8.42. The minimum absolute atomic E-state index is 0.0638. The fourth-order valence-electron chi connectivity index (χ4n) is 4.72. The summed E-state index contributed by atoms with van der Waals surface area (Å²) < 4.78 is 17.0. The Labute approximate surface area is 210 Å². The number of esters is 2. The van der Waals surface area contributed by atoms with Crippen LogP contribution in [0, 0.1) is 11.8 Å². The van der Waals surface area contributed by atoms with E-state index in [-0.39, 0.29) is 30.8 Å². The molecule has 1 heterocycles. The Hall–Kier alpha value is -2.25. The zero-order valence-electron chi connectivity index (χ0n) is 21.8. The number of hydrogen-bond donors (Lipinski definition) is 0. The molecule has 1 saturated heterocycles. The first-order valence-electron chi connectivity index (χ1n) is 13.0. The summed E-state index contributed by atoms with van der Waals surface area (Å²) in [5.74, 6) is -0.295. The van der Waals surface area contributed by atoms with E-state index in [1.54, 1.807) is 14.0 Å². The summed E-state index contributed by atoms with van der Waals surface area (Å²) in [6.07, 6.45) is 3.16. The van der Waals surface area contributed by atoms with Crippen molar-refractivity contribution < 1.29 is 28.6 Å². The average Bonchev–Trinajstić information content (AvgIpc) is 2.84. The van der Waals surface area contributed by atoms with Gasteiger partial charge in [-0.25, -0.2) is 0 Å². The standard InChI is InChI=1S/C28H43NO6/c1-5-27(31)35-26-19-28(32)34-22(3)12-15-29(20-23-9-7-6-8-10-23)14-11-21(2)17-24(13-16-30)18-25(26)33-4/h6-10,16,21-22,24-26H,5,11-15,17-20H2,1-4H3. The van der Waals surface area contributed by atoms with Crippen molar-refractivity contribution in [3.63, 3.8) is 0 Å². The quantitative estimate of drug-likeness (QED) is 0.410. The van der Waals surface area contributed by atoms with Crippen LogP contribution in [0.25, 0.3) is 0 Å². The van der Waals surface area contributed by atoms with E-state index >= 15 is 0 Å². The van der Waals surface area contributed by atoms with Crippen molar-refractivity contribution in [3.8, 4) is 0 Å². The molecule has 1 aromatic carbocycles. The summed E-state index contributed by atoms with van der Waals surface area (Å²) in [5.41, 5.74) is 1.25. The fourth-order valence-corrected chi connectivity index (χ4v) is 4.72. The second-order valence-electron chi connectivity index (χ2n) is 9.84. The highest BCUT2D eigenvalue weighted by atomic mass is 16.6. The molecule has 0 aliphatic carbocycles. The number of hydrogen-bond acceptors (Lipinski definition) is 7. The van der Waals surface area contributed by atoms with Gasteiger partial charge in [-0.1, -0.05) is 44.2 Å². The molecule has 1 aliphatic rings. The van der Waals surface area contributed by atoms with Crippen LogP contribution < -0.4 is 0 Å². The van der Waals surface area contributed by atoms with Gasteiger partial charge in [0, 0.05) is 33.0 Å². The van der Waals surface area contributed by atoms with Gasteiger partial charge in [-0.15, -0.1) is 0 Å². The minimum atomic E-state index is -0.740. The van der Waals surface area contributed by atoms with E-state index in [4.69, 9.17) is 14.2 Å². The van der Waals surface area contributed by atoms with Crippen molar-refractivity contribution in [1.29, 1.82) is 0 Å². The molecule has 5 atom stereocenters. The average molecular weight is 490 g/mol. The summed E-state index contributed by atoms with van der Waals surface area (Å²) in [5, 5.41) is 0. The summed E-state index contributed by atoms with van der Waals surface area (Å²) in [4.78, 5) is 38.7. The molecule has 0 amide bonds. The van der Waals surface area contributed by atoms with Crippen molar-refractivity contribution >= 4 is 18.2 Å². The molecular weight excluding hydrogens is 446 g/mol. The molecule has 2 rings (SSSR count). The number of carbonyl (C=O) groups is 3. The predicted octanol–water partition coefficient (Wildman–Crippen LogP) is 4.56. The van der Waals surface area contributed by atoms with Gasteiger partial charge in [0.25, 0.3) is 0 Å². The van der Waals surface area contributed by atoms with Crippen molar-refractivity contribution in [2.45, 2.75) is 90.6 Å². The number of methoxy groups -OCH3 is 1. The number of nitrogens with zero attached hydrogens (tertiary/aromatic N) is 1. The third-order valence-corrected chi connectivity index (χ3v) is 6.76. The first kappa shape index (κ1) is 29.0. The Bertz CT molecular complexity index is 770. The van der Waals surface area contributed by atoms with Crippen molar-refractivity contribution in [1.82, 2.24) is 4.90 Å². The first-order valence-corrected chi connectivity index (χ1v) is 13.0. The van der Waals surface area contributed by atoms with Gasteiger partial charge in [-0.3, -0.25) is 14.5 Å². The first-order chi connectivity index (χ1) is 16.8. The Morgan fingerprint density at radius 1 is 1.11 bits per heavy atom. The van der Waals surface area contributed by atoms with E-state index in [0.29, 0.717) is 25.2 Å². The number of cyclic esters (lactones) is 1. The molecule has 1 aromatic rings. The number of carbonyl (C=O) groups excluding carboxylic acids is 3. The van der Waals surface area contributed by atoms with Gasteiger partial charge >= 0.3 is 11.9 Å². The molecule has 1 fully saturated rings. The van der Waals surface area contributed by atoms with Crippen LogP contribution in [-0.2, 0) is 35.1 Å². The molecular formula is C28H43NO6. The number of ether oxygens (including phenoxy) is 3. The lowest BCUT2D eigenvalue weighted by molar-refractivity contribution is -0.165. The van der Waals surface area contributed by atoms with E-state index in [2.05, 4.69) is 24.0 Å². The molecule has 1 aliphatic heterocycles. The van der Waals surface area contributed by atoms with Gasteiger partial charge in [0.1, 0.15) is 18.5 Å². The minimum Gasteiger partial charge on any atom is -0.463 e. The largest absolute Gasteiger partial charge is 0.463 e. The normalized spacial score (nSPS) is 27.8. The molecule has 0 aromatic heterocycles. The molecule has 0 saturated carbocycles. The summed E-state index contributed by atoms with van der Waals surface area (Å²) >= 11 is 0. The number of aldehydes is 1. The van der Waals surface area contributed by atoms with E-state index < -0.39 is 18.2 Å². The van der Waals surface area contributed by atoms with Gasteiger partial charge in [-0.05, 0) is 56.6 Å². The molecule has 0 spiro atoms.